The molecule has 0 saturated heterocycles. The number of hydrogen-bond donors (Lipinski definition) is 0. The first-order valence-electron chi connectivity index (χ1n) is 8.16. The van der Waals surface area contributed by atoms with E-state index in [4.69, 9.17) is 4.74 Å². The molecule has 26 heavy (non-hydrogen) atoms. The van der Waals surface area contributed by atoms with Crippen molar-refractivity contribution < 1.29 is 19.1 Å². The van der Waals surface area contributed by atoms with Crippen molar-refractivity contribution in [3.8, 4) is 0 Å². The van der Waals surface area contributed by atoms with E-state index in [-0.39, 0.29) is 29.5 Å². The Hall–Kier alpha value is -3.15. The van der Waals surface area contributed by atoms with Gasteiger partial charge in [-0.3, -0.25) is 9.59 Å². The molecule has 0 aliphatic heterocycles. The second kappa shape index (κ2) is 8.80. The standard InChI is InChI=1S/C20H22N2O4/c1-21(2)18(23)14-26-20(25)17-12-8-7-11-16(17)19(24)22(3)13-15-9-5-4-6-10-15/h4-12H,13-14H2,1-3H3. The molecule has 136 valence electrons. The first kappa shape index (κ1) is 19.2. The number of esters is 1. The summed E-state index contributed by atoms with van der Waals surface area (Å²) >= 11 is 0. The zero-order valence-corrected chi connectivity index (χ0v) is 15.1. The van der Waals surface area contributed by atoms with Crippen LogP contribution in [0.2, 0.25) is 0 Å². The minimum atomic E-state index is -0.697. The molecule has 0 spiro atoms. The lowest BCUT2D eigenvalue weighted by Crippen LogP contribution is -2.30. The van der Waals surface area contributed by atoms with E-state index in [1.54, 1.807) is 39.3 Å². The summed E-state index contributed by atoms with van der Waals surface area (Å²) in [6, 6.07) is 16.0. The van der Waals surface area contributed by atoms with Crippen LogP contribution < -0.4 is 0 Å². The molecule has 0 fully saturated rings. The number of amides is 2. The Labute approximate surface area is 153 Å². The van der Waals surface area contributed by atoms with Gasteiger partial charge < -0.3 is 14.5 Å². The summed E-state index contributed by atoms with van der Waals surface area (Å²) in [6.07, 6.45) is 0. The summed E-state index contributed by atoms with van der Waals surface area (Å²) in [5.41, 5.74) is 1.37. The first-order valence-corrected chi connectivity index (χ1v) is 8.16. The molecule has 2 amide bonds. The number of likely N-dealkylation sites (N-methyl/N-ethyl adjacent to an activating group) is 1. The molecular formula is C20H22N2O4. The van der Waals surface area contributed by atoms with Crippen molar-refractivity contribution in [1.29, 1.82) is 0 Å². The lowest BCUT2D eigenvalue weighted by molar-refractivity contribution is -0.131. The fourth-order valence-corrected chi connectivity index (χ4v) is 2.32. The highest BCUT2D eigenvalue weighted by Crippen LogP contribution is 2.14. The predicted molar refractivity (Wildman–Crippen MR) is 97.7 cm³/mol. The Morgan fingerprint density at radius 2 is 1.42 bits per heavy atom. The number of hydrogen-bond acceptors (Lipinski definition) is 4. The van der Waals surface area contributed by atoms with E-state index in [0.29, 0.717) is 6.54 Å². The Morgan fingerprint density at radius 1 is 0.846 bits per heavy atom. The summed E-state index contributed by atoms with van der Waals surface area (Å²) in [5, 5.41) is 0. The molecule has 0 heterocycles. The highest BCUT2D eigenvalue weighted by Gasteiger charge is 2.21. The molecule has 2 aromatic carbocycles. The average molecular weight is 354 g/mol. The monoisotopic (exact) mass is 354 g/mol. The second-order valence-corrected chi connectivity index (χ2v) is 6.06. The van der Waals surface area contributed by atoms with Crippen LogP contribution in [0.4, 0.5) is 0 Å². The summed E-state index contributed by atoms with van der Waals surface area (Å²) in [5.74, 6) is -1.32. The maximum absolute atomic E-state index is 12.8. The Balaban J connectivity index is 2.13. The van der Waals surface area contributed by atoms with Crippen molar-refractivity contribution in [3.63, 3.8) is 0 Å². The van der Waals surface area contributed by atoms with Crippen molar-refractivity contribution >= 4 is 17.8 Å². The minimum absolute atomic E-state index is 0.143. The van der Waals surface area contributed by atoms with E-state index in [1.165, 1.54) is 15.9 Å². The van der Waals surface area contributed by atoms with E-state index in [0.717, 1.165) is 5.56 Å². The smallest absolute Gasteiger partial charge is 0.339 e. The molecule has 6 heteroatoms. The van der Waals surface area contributed by atoms with Gasteiger partial charge in [-0.1, -0.05) is 42.5 Å². The number of rotatable bonds is 6. The normalized spacial score (nSPS) is 10.1. The van der Waals surface area contributed by atoms with Crippen molar-refractivity contribution in [2.75, 3.05) is 27.7 Å². The van der Waals surface area contributed by atoms with Gasteiger partial charge in [-0.15, -0.1) is 0 Å². The van der Waals surface area contributed by atoms with E-state index < -0.39 is 5.97 Å². The largest absolute Gasteiger partial charge is 0.452 e. The molecule has 0 aliphatic rings. The van der Waals surface area contributed by atoms with Crippen molar-refractivity contribution in [1.82, 2.24) is 9.80 Å². The predicted octanol–water partition coefficient (Wildman–Crippen LogP) is 2.20. The highest BCUT2D eigenvalue weighted by molar-refractivity contribution is 6.05. The molecule has 6 nitrogen and oxygen atoms in total. The van der Waals surface area contributed by atoms with Crippen LogP contribution in [0, 0.1) is 0 Å². The third-order valence-electron chi connectivity index (χ3n) is 3.81. The summed E-state index contributed by atoms with van der Waals surface area (Å²) in [4.78, 5) is 39.5. The Kier molecular flexibility index (Phi) is 6.49. The quantitative estimate of drug-likeness (QED) is 0.746. The van der Waals surface area contributed by atoms with Gasteiger partial charge in [0.05, 0.1) is 11.1 Å². The van der Waals surface area contributed by atoms with Crippen molar-refractivity contribution in [3.05, 3.63) is 71.3 Å². The zero-order chi connectivity index (χ0) is 19.1. The zero-order valence-electron chi connectivity index (χ0n) is 15.1. The lowest BCUT2D eigenvalue weighted by Gasteiger charge is -2.19. The number of carbonyl (C=O) groups excluding carboxylic acids is 3. The van der Waals surface area contributed by atoms with Crippen LogP contribution in [-0.2, 0) is 16.1 Å². The van der Waals surface area contributed by atoms with Gasteiger partial charge in [-0.05, 0) is 17.7 Å². The van der Waals surface area contributed by atoms with Gasteiger partial charge in [-0.25, -0.2) is 4.79 Å². The van der Waals surface area contributed by atoms with Crippen LogP contribution in [-0.4, -0.2) is 55.3 Å². The van der Waals surface area contributed by atoms with Gasteiger partial charge in [0.25, 0.3) is 11.8 Å². The SMILES string of the molecule is CN(C)C(=O)COC(=O)c1ccccc1C(=O)N(C)Cc1ccccc1. The van der Waals surface area contributed by atoms with Gasteiger partial charge in [0.15, 0.2) is 6.61 Å². The maximum Gasteiger partial charge on any atom is 0.339 e. The lowest BCUT2D eigenvalue weighted by atomic mass is 10.1. The van der Waals surface area contributed by atoms with E-state index in [2.05, 4.69) is 0 Å². The van der Waals surface area contributed by atoms with Gasteiger partial charge >= 0.3 is 5.97 Å². The number of benzene rings is 2. The van der Waals surface area contributed by atoms with Crippen molar-refractivity contribution in [2.24, 2.45) is 0 Å². The third kappa shape index (κ3) is 4.92. The van der Waals surface area contributed by atoms with Gasteiger partial charge in [0, 0.05) is 27.7 Å². The van der Waals surface area contributed by atoms with Crippen LogP contribution in [0.3, 0.4) is 0 Å². The highest BCUT2D eigenvalue weighted by atomic mass is 16.5. The number of nitrogens with zero attached hydrogens (tertiary/aromatic N) is 2. The van der Waals surface area contributed by atoms with Gasteiger partial charge in [0.1, 0.15) is 0 Å². The van der Waals surface area contributed by atoms with E-state index >= 15 is 0 Å². The molecule has 0 radical (unpaired) electrons. The number of carbonyl (C=O) groups is 3. The molecule has 0 N–H and O–H groups in total. The molecule has 0 aromatic heterocycles. The Bertz CT molecular complexity index is 787. The Morgan fingerprint density at radius 3 is 2.04 bits per heavy atom. The molecular weight excluding hydrogens is 332 g/mol. The summed E-state index contributed by atoms with van der Waals surface area (Å²) < 4.78 is 5.04. The molecule has 0 aliphatic carbocycles. The second-order valence-electron chi connectivity index (χ2n) is 6.06. The van der Waals surface area contributed by atoms with Crippen LogP contribution in [0.1, 0.15) is 26.3 Å². The van der Waals surface area contributed by atoms with E-state index in [1.807, 2.05) is 30.3 Å². The fourth-order valence-electron chi connectivity index (χ4n) is 2.32. The average Bonchev–Trinajstić information content (AvgIpc) is 2.65. The topological polar surface area (TPSA) is 66.9 Å². The van der Waals surface area contributed by atoms with E-state index in [9.17, 15) is 14.4 Å². The first-order chi connectivity index (χ1) is 12.4. The van der Waals surface area contributed by atoms with Crippen LogP contribution >= 0.6 is 0 Å². The van der Waals surface area contributed by atoms with Crippen LogP contribution in [0.5, 0.6) is 0 Å². The van der Waals surface area contributed by atoms with Gasteiger partial charge in [0.2, 0.25) is 0 Å². The molecule has 0 bridgehead atoms. The number of ether oxygens (including phenoxy) is 1. The molecule has 0 unspecified atom stereocenters. The molecule has 0 atom stereocenters. The van der Waals surface area contributed by atoms with Gasteiger partial charge in [-0.2, -0.15) is 0 Å². The molecule has 0 saturated carbocycles. The molecule has 2 rings (SSSR count). The van der Waals surface area contributed by atoms with Crippen molar-refractivity contribution in [2.45, 2.75) is 6.54 Å². The summed E-state index contributed by atoms with van der Waals surface area (Å²) in [6.45, 7) is 0.0520. The van der Waals surface area contributed by atoms with Crippen LogP contribution in [0.25, 0.3) is 0 Å². The molecule has 2 aromatic rings. The maximum atomic E-state index is 12.8. The fraction of sp³-hybridized carbons (Fsp3) is 0.250. The van der Waals surface area contributed by atoms with Crippen LogP contribution in [0.15, 0.2) is 54.6 Å². The minimum Gasteiger partial charge on any atom is -0.452 e. The third-order valence-corrected chi connectivity index (χ3v) is 3.81. The summed E-state index contributed by atoms with van der Waals surface area (Å²) in [7, 11) is 4.82.